The summed E-state index contributed by atoms with van der Waals surface area (Å²) >= 11 is 0. The summed E-state index contributed by atoms with van der Waals surface area (Å²) in [6.45, 7) is 5.64. The van der Waals surface area contributed by atoms with E-state index in [4.69, 9.17) is 4.74 Å². The van der Waals surface area contributed by atoms with Gasteiger partial charge in [0.2, 0.25) is 5.91 Å². The lowest BCUT2D eigenvalue weighted by molar-refractivity contribution is -0.123. The SMILES string of the molecule is CC(C)(C)C(=O)Nc1c[nH]c2c(C(=O)NCc3ccc4c(c3)NC(=O)CO4)ncnc12. The molecule has 0 bridgehead atoms. The normalized spacial score (nSPS) is 13.2. The number of amides is 3. The molecule has 1 aromatic carbocycles. The summed E-state index contributed by atoms with van der Waals surface area (Å²) in [5, 5.41) is 8.37. The van der Waals surface area contributed by atoms with Gasteiger partial charge in [-0.2, -0.15) is 0 Å². The van der Waals surface area contributed by atoms with Gasteiger partial charge in [-0.3, -0.25) is 14.4 Å². The molecule has 0 fully saturated rings. The van der Waals surface area contributed by atoms with E-state index in [1.807, 2.05) is 20.8 Å². The summed E-state index contributed by atoms with van der Waals surface area (Å²) < 4.78 is 5.33. The molecule has 0 atom stereocenters. The van der Waals surface area contributed by atoms with Gasteiger partial charge in [0.1, 0.15) is 17.6 Å². The number of ether oxygens (including phenoxy) is 1. The van der Waals surface area contributed by atoms with Crippen LogP contribution in [-0.4, -0.2) is 39.3 Å². The fourth-order valence-electron chi connectivity index (χ4n) is 3.02. The van der Waals surface area contributed by atoms with E-state index in [2.05, 4.69) is 30.9 Å². The van der Waals surface area contributed by atoms with Crippen LogP contribution in [0.25, 0.3) is 11.0 Å². The first-order valence-electron chi connectivity index (χ1n) is 9.69. The number of hydrogen-bond donors (Lipinski definition) is 4. The topological polar surface area (TPSA) is 138 Å². The van der Waals surface area contributed by atoms with Crippen LogP contribution in [-0.2, 0) is 16.1 Å². The summed E-state index contributed by atoms with van der Waals surface area (Å²) in [4.78, 5) is 47.8. The van der Waals surface area contributed by atoms with Crippen molar-refractivity contribution in [1.29, 1.82) is 0 Å². The van der Waals surface area contributed by atoms with E-state index in [0.29, 0.717) is 28.2 Å². The van der Waals surface area contributed by atoms with Crippen LogP contribution in [0.3, 0.4) is 0 Å². The molecule has 0 saturated carbocycles. The number of aromatic amines is 1. The van der Waals surface area contributed by atoms with Crippen molar-refractivity contribution in [2.45, 2.75) is 27.3 Å². The van der Waals surface area contributed by atoms with Crippen molar-refractivity contribution in [2.24, 2.45) is 5.41 Å². The molecule has 31 heavy (non-hydrogen) atoms. The van der Waals surface area contributed by atoms with Crippen molar-refractivity contribution in [1.82, 2.24) is 20.3 Å². The van der Waals surface area contributed by atoms with Gasteiger partial charge in [-0.1, -0.05) is 26.8 Å². The number of H-pyrrole nitrogens is 1. The quantitative estimate of drug-likeness (QED) is 0.509. The number of rotatable bonds is 4. The van der Waals surface area contributed by atoms with Crippen LogP contribution in [0.4, 0.5) is 11.4 Å². The second kappa shape index (κ2) is 7.71. The molecule has 10 nitrogen and oxygen atoms in total. The molecule has 10 heteroatoms. The first kappa shape index (κ1) is 20.3. The zero-order valence-electron chi connectivity index (χ0n) is 17.3. The van der Waals surface area contributed by atoms with Crippen LogP contribution >= 0.6 is 0 Å². The van der Waals surface area contributed by atoms with Crippen LogP contribution in [0, 0.1) is 5.41 Å². The maximum atomic E-state index is 12.8. The summed E-state index contributed by atoms with van der Waals surface area (Å²) in [6.07, 6.45) is 2.87. The molecule has 160 valence electrons. The highest BCUT2D eigenvalue weighted by molar-refractivity contribution is 6.08. The molecule has 0 radical (unpaired) electrons. The second-order valence-corrected chi connectivity index (χ2v) is 8.20. The standard InChI is InChI=1S/C21H22N6O4/c1-21(2,3)20(30)27-13-8-22-17-16(13)24-10-25-18(17)19(29)23-7-11-4-5-14-12(6-11)26-15(28)9-31-14/h4-6,8,10,22H,7,9H2,1-3H3,(H,23,29)(H,26,28)(H,27,30). The van der Waals surface area contributed by atoms with Crippen LogP contribution in [0.5, 0.6) is 5.75 Å². The van der Waals surface area contributed by atoms with Gasteiger partial charge in [0.25, 0.3) is 11.8 Å². The molecule has 1 aliphatic rings. The molecule has 0 unspecified atom stereocenters. The van der Waals surface area contributed by atoms with Gasteiger partial charge < -0.3 is 25.7 Å². The summed E-state index contributed by atoms with van der Waals surface area (Å²) in [7, 11) is 0. The highest BCUT2D eigenvalue weighted by atomic mass is 16.5. The first-order valence-corrected chi connectivity index (χ1v) is 9.69. The summed E-state index contributed by atoms with van der Waals surface area (Å²) in [5.74, 6) is -0.205. The number of carbonyl (C=O) groups is 3. The number of benzene rings is 1. The molecule has 0 spiro atoms. The molecular formula is C21H22N6O4. The Morgan fingerprint density at radius 3 is 2.81 bits per heavy atom. The number of carbonyl (C=O) groups excluding carboxylic acids is 3. The van der Waals surface area contributed by atoms with E-state index in [-0.39, 0.29) is 30.7 Å². The van der Waals surface area contributed by atoms with E-state index in [1.54, 1.807) is 24.4 Å². The van der Waals surface area contributed by atoms with Crippen molar-refractivity contribution in [2.75, 3.05) is 17.2 Å². The number of nitrogens with one attached hydrogen (secondary N) is 4. The number of anilines is 2. The smallest absolute Gasteiger partial charge is 0.272 e. The van der Waals surface area contributed by atoms with Crippen LogP contribution in [0.1, 0.15) is 36.8 Å². The predicted molar refractivity (Wildman–Crippen MR) is 114 cm³/mol. The average molecular weight is 422 g/mol. The first-order chi connectivity index (χ1) is 14.7. The summed E-state index contributed by atoms with van der Waals surface area (Å²) in [6, 6.07) is 5.30. The van der Waals surface area contributed by atoms with Crippen LogP contribution in [0.2, 0.25) is 0 Å². The van der Waals surface area contributed by atoms with Gasteiger partial charge in [-0.15, -0.1) is 0 Å². The number of hydrogen-bond acceptors (Lipinski definition) is 6. The van der Waals surface area contributed by atoms with E-state index < -0.39 is 11.3 Å². The highest BCUT2D eigenvalue weighted by Crippen LogP contribution is 2.28. The maximum Gasteiger partial charge on any atom is 0.272 e. The molecular weight excluding hydrogens is 400 g/mol. The monoisotopic (exact) mass is 422 g/mol. The molecule has 0 saturated heterocycles. The fraction of sp³-hybridized carbons (Fsp3) is 0.286. The molecule has 2 aromatic heterocycles. The minimum absolute atomic E-state index is 0.0128. The Morgan fingerprint density at radius 1 is 1.23 bits per heavy atom. The van der Waals surface area contributed by atoms with E-state index in [9.17, 15) is 14.4 Å². The highest BCUT2D eigenvalue weighted by Gasteiger charge is 2.24. The number of fused-ring (bicyclic) bond motifs is 2. The number of nitrogens with zero attached hydrogens (tertiary/aromatic N) is 2. The molecule has 4 N–H and O–H groups in total. The Morgan fingerprint density at radius 2 is 2.03 bits per heavy atom. The van der Waals surface area contributed by atoms with E-state index in [0.717, 1.165) is 5.56 Å². The molecule has 3 aromatic rings. The third-order valence-corrected chi connectivity index (χ3v) is 4.74. The van der Waals surface area contributed by atoms with E-state index >= 15 is 0 Å². The third kappa shape index (κ3) is 4.18. The Balaban J connectivity index is 1.50. The fourth-order valence-corrected chi connectivity index (χ4v) is 3.02. The summed E-state index contributed by atoms with van der Waals surface area (Å²) in [5.41, 5.74) is 2.30. The van der Waals surface area contributed by atoms with Crippen molar-refractivity contribution in [3.63, 3.8) is 0 Å². The molecule has 1 aliphatic heterocycles. The third-order valence-electron chi connectivity index (χ3n) is 4.74. The maximum absolute atomic E-state index is 12.8. The van der Waals surface area contributed by atoms with Gasteiger partial charge in [0.05, 0.1) is 16.9 Å². The minimum Gasteiger partial charge on any atom is -0.482 e. The largest absolute Gasteiger partial charge is 0.482 e. The molecule has 3 amide bonds. The lowest BCUT2D eigenvalue weighted by Gasteiger charge is -2.18. The second-order valence-electron chi connectivity index (χ2n) is 8.20. The Hall–Kier alpha value is -3.95. The molecule has 4 rings (SSSR count). The van der Waals surface area contributed by atoms with Crippen molar-refractivity contribution >= 4 is 40.1 Å². The van der Waals surface area contributed by atoms with Crippen LogP contribution in [0.15, 0.2) is 30.7 Å². The van der Waals surface area contributed by atoms with Crippen LogP contribution < -0.4 is 20.7 Å². The lowest BCUT2D eigenvalue weighted by atomic mass is 9.95. The zero-order valence-corrected chi connectivity index (χ0v) is 17.3. The van der Waals surface area contributed by atoms with Gasteiger partial charge in [-0.05, 0) is 17.7 Å². The predicted octanol–water partition coefficient (Wildman–Crippen LogP) is 2.20. The van der Waals surface area contributed by atoms with Gasteiger partial charge in [0, 0.05) is 18.2 Å². The Bertz CT molecular complexity index is 1190. The molecule has 0 aliphatic carbocycles. The van der Waals surface area contributed by atoms with E-state index in [1.165, 1.54) is 6.33 Å². The minimum atomic E-state index is -0.573. The Labute approximate surface area is 177 Å². The Kier molecular flexibility index (Phi) is 5.05. The number of aromatic nitrogens is 3. The van der Waals surface area contributed by atoms with Crippen molar-refractivity contribution < 1.29 is 19.1 Å². The van der Waals surface area contributed by atoms with Crippen molar-refractivity contribution in [3.8, 4) is 5.75 Å². The average Bonchev–Trinajstić information content (AvgIpc) is 3.14. The van der Waals surface area contributed by atoms with Crippen molar-refractivity contribution in [3.05, 3.63) is 42.0 Å². The lowest BCUT2D eigenvalue weighted by Crippen LogP contribution is -2.27. The van der Waals surface area contributed by atoms with Gasteiger partial charge in [0.15, 0.2) is 12.3 Å². The van der Waals surface area contributed by atoms with Gasteiger partial charge in [-0.25, -0.2) is 9.97 Å². The zero-order chi connectivity index (χ0) is 22.2. The van der Waals surface area contributed by atoms with Gasteiger partial charge >= 0.3 is 0 Å². The molecule has 3 heterocycles.